The Morgan fingerprint density at radius 3 is 3.00 bits per heavy atom. The number of fused-ring (bicyclic) bond motifs is 1. The summed E-state index contributed by atoms with van der Waals surface area (Å²) in [6.07, 6.45) is 2.50. The predicted molar refractivity (Wildman–Crippen MR) is 79.3 cm³/mol. The first kappa shape index (κ1) is 12.9. The summed E-state index contributed by atoms with van der Waals surface area (Å²) in [5.74, 6) is 0. The molecule has 0 saturated carbocycles. The minimum atomic E-state index is -3.58. The normalized spacial score (nSPS) is 13.9. The van der Waals surface area contributed by atoms with Gasteiger partial charge >= 0.3 is 0 Å². The molecule has 1 aromatic heterocycles. The molecule has 5 nitrogen and oxygen atoms in total. The van der Waals surface area contributed by atoms with E-state index in [0.717, 1.165) is 28.0 Å². The molecule has 0 fully saturated rings. The quantitative estimate of drug-likeness (QED) is 0.883. The van der Waals surface area contributed by atoms with E-state index in [4.69, 9.17) is 0 Å². The molecule has 3 rings (SSSR count). The topological polar surface area (TPSA) is 71.1 Å². The van der Waals surface area contributed by atoms with Crippen LogP contribution in [0.25, 0.3) is 0 Å². The van der Waals surface area contributed by atoms with Gasteiger partial charge in [-0.2, -0.15) is 0 Å². The molecule has 1 aromatic carbocycles. The number of nitrogens with one attached hydrogen (secondary N) is 2. The number of thiazole rings is 1. The molecule has 2 heterocycles. The van der Waals surface area contributed by atoms with Gasteiger partial charge in [-0.15, -0.1) is 0 Å². The fourth-order valence-corrected chi connectivity index (χ4v) is 4.29. The summed E-state index contributed by atoms with van der Waals surface area (Å²) in [5.41, 5.74) is 2.04. The van der Waals surface area contributed by atoms with Gasteiger partial charge in [0, 0.05) is 12.2 Å². The van der Waals surface area contributed by atoms with Gasteiger partial charge in [0.15, 0.2) is 5.13 Å². The second-order valence-electron chi connectivity index (χ2n) is 4.07. The molecule has 19 heavy (non-hydrogen) atoms. The second kappa shape index (κ2) is 4.77. The lowest BCUT2D eigenvalue weighted by Crippen LogP contribution is -2.12. The highest BCUT2D eigenvalue weighted by molar-refractivity contribution is 9.11. The fourth-order valence-electron chi connectivity index (χ4n) is 1.91. The smallest absolute Gasteiger partial charge is 0.263 e. The molecular weight excluding hydrogens is 350 g/mol. The van der Waals surface area contributed by atoms with Crippen molar-refractivity contribution in [1.82, 2.24) is 4.98 Å². The maximum absolute atomic E-state index is 12.2. The van der Waals surface area contributed by atoms with E-state index >= 15 is 0 Å². The largest absolute Gasteiger partial charge is 0.384 e. The predicted octanol–water partition coefficient (Wildman–Crippen LogP) is 2.67. The molecule has 0 unspecified atom stereocenters. The number of benzene rings is 1. The molecule has 8 heteroatoms. The zero-order valence-corrected chi connectivity index (χ0v) is 12.9. The Morgan fingerprint density at radius 1 is 1.42 bits per heavy atom. The van der Waals surface area contributed by atoms with Crippen LogP contribution in [-0.2, 0) is 16.4 Å². The van der Waals surface area contributed by atoms with Crippen molar-refractivity contribution in [2.24, 2.45) is 0 Å². The van der Waals surface area contributed by atoms with E-state index in [9.17, 15) is 8.42 Å². The molecule has 0 spiro atoms. The van der Waals surface area contributed by atoms with Crippen molar-refractivity contribution in [3.8, 4) is 0 Å². The zero-order valence-electron chi connectivity index (χ0n) is 9.68. The van der Waals surface area contributed by atoms with Crippen LogP contribution >= 0.6 is 27.3 Å². The second-order valence-corrected chi connectivity index (χ2v) is 8.16. The molecule has 1 aliphatic heterocycles. The number of nitrogens with zero attached hydrogens (tertiary/aromatic N) is 1. The van der Waals surface area contributed by atoms with Crippen LogP contribution in [0.15, 0.2) is 33.1 Å². The zero-order chi connectivity index (χ0) is 13.5. The molecule has 0 radical (unpaired) electrons. The highest BCUT2D eigenvalue weighted by atomic mass is 79.9. The van der Waals surface area contributed by atoms with E-state index in [1.54, 1.807) is 18.3 Å². The molecule has 2 N–H and O–H groups in total. The van der Waals surface area contributed by atoms with Crippen LogP contribution in [-0.4, -0.2) is 19.9 Å². The lowest BCUT2D eigenvalue weighted by atomic mass is 10.2. The number of anilines is 2. The molecule has 0 amide bonds. The standard InChI is InChI=1S/C11H10BrN3O2S2/c12-10-6-14-11(18-10)15-19(16,17)8-2-1-7-3-4-13-9(7)5-8/h1-2,5-6,13H,3-4H2,(H,14,15). The summed E-state index contributed by atoms with van der Waals surface area (Å²) in [7, 11) is -3.58. The summed E-state index contributed by atoms with van der Waals surface area (Å²) >= 11 is 4.48. The van der Waals surface area contributed by atoms with Gasteiger partial charge in [0.1, 0.15) is 0 Å². The van der Waals surface area contributed by atoms with Crippen LogP contribution in [0.3, 0.4) is 0 Å². The summed E-state index contributed by atoms with van der Waals surface area (Å²) in [5, 5.41) is 3.52. The number of aromatic nitrogens is 1. The van der Waals surface area contributed by atoms with Crippen LogP contribution in [0.1, 0.15) is 5.56 Å². The third kappa shape index (κ3) is 2.60. The van der Waals surface area contributed by atoms with Gasteiger partial charge in [0.2, 0.25) is 0 Å². The third-order valence-corrected chi connectivity index (χ3v) is 5.66. The van der Waals surface area contributed by atoms with Crippen molar-refractivity contribution >= 4 is 48.1 Å². The molecule has 0 bridgehead atoms. The number of halogens is 1. The minimum Gasteiger partial charge on any atom is -0.384 e. The Hall–Kier alpha value is -1.12. The van der Waals surface area contributed by atoms with Gasteiger partial charge in [-0.25, -0.2) is 13.4 Å². The van der Waals surface area contributed by atoms with Gasteiger partial charge in [-0.05, 0) is 40.0 Å². The SMILES string of the molecule is O=S(=O)(Nc1ncc(Br)s1)c1ccc2c(c1)NCC2. The van der Waals surface area contributed by atoms with E-state index in [1.165, 1.54) is 11.3 Å². The van der Waals surface area contributed by atoms with Gasteiger partial charge in [-0.3, -0.25) is 4.72 Å². The summed E-state index contributed by atoms with van der Waals surface area (Å²) < 4.78 is 27.7. The monoisotopic (exact) mass is 359 g/mol. The molecule has 0 saturated heterocycles. The third-order valence-electron chi connectivity index (χ3n) is 2.80. The van der Waals surface area contributed by atoms with Gasteiger partial charge in [0.25, 0.3) is 10.0 Å². The van der Waals surface area contributed by atoms with Crippen molar-refractivity contribution in [3.63, 3.8) is 0 Å². The summed E-state index contributed by atoms with van der Waals surface area (Å²) in [4.78, 5) is 4.21. The molecule has 2 aromatic rings. The lowest BCUT2D eigenvalue weighted by molar-refractivity contribution is 0.601. The lowest BCUT2D eigenvalue weighted by Gasteiger charge is -2.07. The van der Waals surface area contributed by atoms with Crippen LogP contribution in [0.2, 0.25) is 0 Å². The van der Waals surface area contributed by atoms with Crippen molar-refractivity contribution in [1.29, 1.82) is 0 Å². The van der Waals surface area contributed by atoms with E-state index in [0.29, 0.717) is 5.13 Å². The van der Waals surface area contributed by atoms with E-state index in [1.807, 2.05) is 6.07 Å². The first-order chi connectivity index (χ1) is 9.04. The Balaban J connectivity index is 1.92. The Kier molecular flexibility index (Phi) is 3.23. The molecule has 0 atom stereocenters. The fraction of sp³-hybridized carbons (Fsp3) is 0.182. The first-order valence-electron chi connectivity index (χ1n) is 5.55. The molecule has 100 valence electrons. The number of hydrogen-bond acceptors (Lipinski definition) is 5. The number of hydrogen-bond donors (Lipinski definition) is 2. The minimum absolute atomic E-state index is 0.243. The summed E-state index contributed by atoms with van der Waals surface area (Å²) in [6.45, 7) is 0.853. The average Bonchev–Trinajstić information content (AvgIpc) is 2.96. The van der Waals surface area contributed by atoms with Crippen LogP contribution in [0.5, 0.6) is 0 Å². The van der Waals surface area contributed by atoms with Crippen molar-refractivity contribution in [3.05, 3.63) is 33.7 Å². The van der Waals surface area contributed by atoms with Crippen molar-refractivity contribution < 1.29 is 8.42 Å². The summed E-state index contributed by atoms with van der Waals surface area (Å²) in [6, 6.07) is 5.13. The van der Waals surface area contributed by atoms with Crippen LogP contribution in [0.4, 0.5) is 10.8 Å². The van der Waals surface area contributed by atoms with Crippen molar-refractivity contribution in [2.75, 3.05) is 16.6 Å². The van der Waals surface area contributed by atoms with E-state index in [2.05, 4.69) is 31.0 Å². The van der Waals surface area contributed by atoms with E-state index in [-0.39, 0.29) is 4.90 Å². The van der Waals surface area contributed by atoms with Crippen LogP contribution in [0, 0.1) is 0 Å². The Labute approximate surface area is 123 Å². The number of rotatable bonds is 3. The van der Waals surface area contributed by atoms with Crippen LogP contribution < -0.4 is 10.0 Å². The molecule has 0 aliphatic carbocycles. The average molecular weight is 360 g/mol. The van der Waals surface area contributed by atoms with Gasteiger partial charge in [-0.1, -0.05) is 17.4 Å². The first-order valence-corrected chi connectivity index (χ1v) is 8.65. The highest BCUT2D eigenvalue weighted by Gasteiger charge is 2.19. The van der Waals surface area contributed by atoms with Gasteiger partial charge < -0.3 is 5.32 Å². The Morgan fingerprint density at radius 2 is 2.26 bits per heavy atom. The maximum atomic E-state index is 12.2. The number of sulfonamides is 1. The van der Waals surface area contributed by atoms with Gasteiger partial charge in [0.05, 0.1) is 14.9 Å². The van der Waals surface area contributed by atoms with E-state index < -0.39 is 10.0 Å². The molecule has 1 aliphatic rings. The Bertz CT molecular complexity index is 727. The maximum Gasteiger partial charge on any atom is 0.263 e. The molecular formula is C11H10BrN3O2S2. The highest BCUT2D eigenvalue weighted by Crippen LogP contribution is 2.28. The van der Waals surface area contributed by atoms with Crippen molar-refractivity contribution in [2.45, 2.75) is 11.3 Å².